The van der Waals surface area contributed by atoms with Gasteiger partial charge < -0.3 is 10.2 Å². The van der Waals surface area contributed by atoms with E-state index in [1.165, 1.54) is 11.9 Å². The highest BCUT2D eigenvalue weighted by Gasteiger charge is 2.29. The minimum Gasteiger partial charge on any atom is -0.357 e. The lowest BCUT2D eigenvalue weighted by Gasteiger charge is -2.31. The first-order valence-corrected chi connectivity index (χ1v) is 11.5. The number of nitrogens with one attached hydrogen (secondary N) is 1. The van der Waals surface area contributed by atoms with Gasteiger partial charge in [0, 0.05) is 13.6 Å². The number of aryl methyl sites for hydroxylation is 2. The summed E-state index contributed by atoms with van der Waals surface area (Å²) in [5.74, 6) is -0.781. The van der Waals surface area contributed by atoms with Gasteiger partial charge in [-0.1, -0.05) is 42.0 Å². The maximum atomic E-state index is 13.2. The maximum Gasteiger partial charge on any atom is 0.244 e. The van der Waals surface area contributed by atoms with Crippen LogP contribution in [0.4, 0.5) is 5.69 Å². The third kappa shape index (κ3) is 6.06. The molecule has 0 saturated heterocycles. The van der Waals surface area contributed by atoms with Crippen molar-refractivity contribution in [2.75, 3.05) is 24.2 Å². The first-order valence-electron chi connectivity index (χ1n) is 9.64. The highest BCUT2D eigenvalue weighted by Crippen LogP contribution is 2.20. The van der Waals surface area contributed by atoms with Crippen molar-refractivity contribution in [3.05, 3.63) is 65.2 Å². The van der Waals surface area contributed by atoms with E-state index in [1.807, 2.05) is 44.2 Å². The van der Waals surface area contributed by atoms with Gasteiger partial charge in [-0.25, -0.2) is 8.42 Å². The summed E-state index contributed by atoms with van der Waals surface area (Å²) >= 11 is 0. The molecule has 2 rings (SSSR count). The minimum absolute atomic E-state index is 0.195. The van der Waals surface area contributed by atoms with Crippen LogP contribution in [-0.2, 0) is 26.2 Å². The summed E-state index contributed by atoms with van der Waals surface area (Å²) in [4.78, 5) is 26.9. The second-order valence-corrected chi connectivity index (χ2v) is 9.32. The standard InChI is InChI=1S/C22H29N3O4S/c1-16-8-6-10-19(12-16)14-24(18(3)22(27)23-4)21(26)15-25(30(5,28)29)20-11-7-9-17(2)13-20/h6-13,18H,14-15H2,1-5H3,(H,23,27). The van der Waals surface area contributed by atoms with Crippen LogP contribution in [0.1, 0.15) is 23.6 Å². The SMILES string of the molecule is CNC(=O)C(C)N(Cc1cccc(C)c1)C(=O)CN(c1cccc(C)c1)S(C)(=O)=O. The number of hydrogen-bond acceptors (Lipinski definition) is 4. The Morgan fingerprint density at radius 3 is 2.17 bits per heavy atom. The van der Waals surface area contributed by atoms with Crippen LogP contribution in [0, 0.1) is 13.8 Å². The zero-order valence-electron chi connectivity index (χ0n) is 18.0. The molecule has 30 heavy (non-hydrogen) atoms. The van der Waals surface area contributed by atoms with Crippen LogP contribution in [0.15, 0.2) is 48.5 Å². The second kappa shape index (κ2) is 9.75. The minimum atomic E-state index is -3.71. The molecule has 1 N–H and O–H groups in total. The van der Waals surface area contributed by atoms with Gasteiger partial charge in [-0.15, -0.1) is 0 Å². The van der Waals surface area contributed by atoms with Crippen LogP contribution >= 0.6 is 0 Å². The number of likely N-dealkylation sites (N-methyl/N-ethyl adjacent to an activating group) is 1. The third-order valence-electron chi connectivity index (χ3n) is 4.82. The monoisotopic (exact) mass is 431 g/mol. The Morgan fingerprint density at radius 2 is 1.63 bits per heavy atom. The lowest BCUT2D eigenvalue weighted by atomic mass is 10.1. The van der Waals surface area contributed by atoms with Crippen LogP contribution in [0.25, 0.3) is 0 Å². The molecule has 2 aromatic carbocycles. The number of benzene rings is 2. The summed E-state index contributed by atoms with van der Waals surface area (Å²) in [6, 6.07) is 13.8. The molecule has 162 valence electrons. The molecule has 2 amide bonds. The van der Waals surface area contributed by atoms with Crippen molar-refractivity contribution in [2.45, 2.75) is 33.4 Å². The molecule has 0 radical (unpaired) electrons. The fraction of sp³-hybridized carbons (Fsp3) is 0.364. The predicted molar refractivity (Wildman–Crippen MR) is 119 cm³/mol. The molecule has 7 nitrogen and oxygen atoms in total. The first-order chi connectivity index (χ1) is 14.0. The average Bonchev–Trinajstić information content (AvgIpc) is 2.68. The third-order valence-corrected chi connectivity index (χ3v) is 5.96. The maximum absolute atomic E-state index is 13.2. The number of hydrogen-bond donors (Lipinski definition) is 1. The van der Waals surface area contributed by atoms with E-state index in [0.29, 0.717) is 5.69 Å². The zero-order chi connectivity index (χ0) is 22.5. The molecular formula is C22H29N3O4S. The Balaban J connectivity index is 2.38. The van der Waals surface area contributed by atoms with E-state index in [-0.39, 0.29) is 12.5 Å². The van der Waals surface area contributed by atoms with Crippen molar-refractivity contribution >= 4 is 27.5 Å². The normalized spacial score (nSPS) is 12.2. The smallest absolute Gasteiger partial charge is 0.244 e. The molecule has 8 heteroatoms. The van der Waals surface area contributed by atoms with E-state index in [2.05, 4.69) is 5.32 Å². The lowest BCUT2D eigenvalue weighted by molar-refractivity contribution is -0.139. The molecule has 2 aromatic rings. The van der Waals surface area contributed by atoms with E-state index in [4.69, 9.17) is 0 Å². The molecule has 0 spiro atoms. The fourth-order valence-corrected chi connectivity index (χ4v) is 4.04. The number of carbonyl (C=O) groups excluding carboxylic acids is 2. The molecule has 0 saturated carbocycles. The molecule has 0 aliphatic carbocycles. The lowest BCUT2D eigenvalue weighted by Crippen LogP contribution is -2.50. The predicted octanol–water partition coefficient (Wildman–Crippen LogP) is 2.23. The summed E-state index contributed by atoms with van der Waals surface area (Å²) in [6.45, 7) is 5.23. The molecule has 0 aromatic heterocycles. The van der Waals surface area contributed by atoms with Crippen molar-refractivity contribution < 1.29 is 18.0 Å². The molecule has 0 heterocycles. The Morgan fingerprint density at radius 1 is 1.03 bits per heavy atom. The van der Waals surface area contributed by atoms with Gasteiger partial charge in [0.15, 0.2) is 0 Å². The summed E-state index contributed by atoms with van der Waals surface area (Å²) < 4.78 is 26.0. The Labute approximate surface area is 178 Å². The van der Waals surface area contributed by atoms with E-state index in [1.54, 1.807) is 25.1 Å². The van der Waals surface area contributed by atoms with E-state index in [9.17, 15) is 18.0 Å². The second-order valence-electron chi connectivity index (χ2n) is 7.41. The average molecular weight is 432 g/mol. The molecule has 0 aliphatic heterocycles. The van der Waals surface area contributed by atoms with Gasteiger partial charge in [-0.3, -0.25) is 13.9 Å². The van der Waals surface area contributed by atoms with Gasteiger partial charge in [0.2, 0.25) is 21.8 Å². The van der Waals surface area contributed by atoms with Crippen LogP contribution in [-0.4, -0.2) is 51.0 Å². The number of sulfonamides is 1. The topological polar surface area (TPSA) is 86.8 Å². The Hall–Kier alpha value is -2.87. The van der Waals surface area contributed by atoms with Gasteiger partial charge in [-0.05, 0) is 44.0 Å². The van der Waals surface area contributed by atoms with E-state index < -0.39 is 28.5 Å². The van der Waals surface area contributed by atoms with Gasteiger partial charge in [0.25, 0.3) is 0 Å². The van der Waals surface area contributed by atoms with Gasteiger partial charge in [-0.2, -0.15) is 0 Å². The number of amides is 2. The van der Waals surface area contributed by atoms with Gasteiger partial charge in [0.1, 0.15) is 12.6 Å². The van der Waals surface area contributed by atoms with Crippen LogP contribution in [0.3, 0.4) is 0 Å². The molecule has 0 fully saturated rings. The summed E-state index contributed by atoms with van der Waals surface area (Å²) in [5, 5.41) is 2.56. The number of rotatable bonds is 8. The molecule has 0 bridgehead atoms. The van der Waals surface area contributed by atoms with Crippen molar-refractivity contribution in [3.63, 3.8) is 0 Å². The van der Waals surface area contributed by atoms with Gasteiger partial charge in [0.05, 0.1) is 11.9 Å². The summed E-state index contributed by atoms with van der Waals surface area (Å²) in [6.07, 6.45) is 1.07. The zero-order valence-corrected chi connectivity index (χ0v) is 18.9. The van der Waals surface area contributed by atoms with Crippen LogP contribution in [0.2, 0.25) is 0 Å². The number of nitrogens with zero attached hydrogens (tertiary/aromatic N) is 2. The van der Waals surface area contributed by atoms with Crippen molar-refractivity contribution in [1.82, 2.24) is 10.2 Å². The molecular weight excluding hydrogens is 402 g/mol. The van der Waals surface area contributed by atoms with Crippen molar-refractivity contribution in [1.29, 1.82) is 0 Å². The largest absolute Gasteiger partial charge is 0.357 e. The fourth-order valence-electron chi connectivity index (χ4n) is 3.20. The van der Waals surface area contributed by atoms with Gasteiger partial charge >= 0.3 is 0 Å². The first kappa shape index (κ1) is 23.4. The van der Waals surface area contributed by atoms with E-state index >= 15 is 0 Å². The van der Waals surface area contributed by atoms with Crippen LogP contribution in [0.5, 0.6) is 0 Å². The highest BCUT2D eigenvalue weighted by atomic mass is 32.2. The molecule has 0 aliphatic rings. The summed E-state index contributed by atoms with van der Waals surface area (Å²) in [7, 11) is -2.21. The van der Waals surface area contributed by atoms with Crippen molar-refractivity contribution in [2.24, 2.45) is 0 Å². The van der Waals surface area contributed by atoms with E-state index in [0.717, 1.165) is 27.3 Å². The van der Waals surface area contributed by atoms with Crippen LogP contribution < -0.4 is 9.62 Å². The Kier molecular flexibility index (Phi) is 7.61. The quantitative estimate of drug-likeness (QED) is 0.694. The molecule has 1 unspecified atom stereocenters. The summed E-state index contributed by atoms with van der Waals surface area (Å²) in [5.41, 5.74) is 3.18. The highest BCUT2D eigenvalue weighted by molar-refractivity contribution is 7.92. The number of carbonyl (C=O) groups is 2. The number of anilines is 1. The molecule has 1 atom stereocenters. The Bertz CT molecular complexity index is 1020. The van der Waals surface area contributed by atoms with Crippen molar-refractivity contribution in [3.8, 4) is 0 Å².